The third-order valence-corrected chi connectivity index (χ3v) is 5.11. The van der Waals surface area contributed by atoms with E-state index in [1.807, 2.05) is 48.5 Å². The molecule has 8 nitrogen and oxygen atoms in total. The molecule has 2 aromatic carbocycles. The second-order valence-electron chi connectivity index (χ2n) is 6.71. The summed E-state index contributed by atoms with van der Waals surface area (Å²) in [4.78, 5) is 34.9. The number of carbonyl (C=O) groups excluding carboxylic acids is 3. The zero-order valence-corrected chi connectivity index (χ0v) is 16.4. The predicted molar refractivity (Wildman–Crippen MR) is 106 cm³/mol. The van der Waals surface area contributed by atoms with E-state index in [0.717, 1.165) is 28.5 Å². The van der Waals surface area contributed by atoms with Gasteiger partial charge in [0.15, 0.2) is 0 Å². The normalized spacial score (nSPS) is 13.7. The van der Waals surface area contributed by atoms with Crippen LogP contribution in [0.3, 0.4) is 0 Å². The molecule has 2 aromatic rings. The molecule has 9 heteroatoms. The molecule has 0 aromatic heterocycles. The molecule has 0 spiro atoms. The summed E-state index contributed by atoms with van der Waals surface area (Å²) in [5, 5.41) is 2.27. The van der Waals surface area contributed by atoms with Crippen molar-refractivity contribution in [2.75, 3.05) is 12.9 Å². The summed E-state index contributed by atoms with van der Waals surface area (Å²) in [5.74, 6) is -1.04. The topological polar surface area (TPSA) is 119 Å². The summed E-state index contributed by atoms with van der Waals surface area (Å²) in [7, 11) is -3.74. The third kappa shape index (κ3) is 5.00. The van der Waals surface area contributed by atoms with Crippen LogP contribution in [0.5, 0.6) is 0 Å². The van der Waals surface area contributed by atoms with Gasteiger partial charge in [-0.3, -0.25) is 9.52 Å². The van der Waals surface area contributed by atoms with Gasteiger partial charge < -0.3 is 14.8 Å². The first kappa shape index (κ1) is 20.5. The minimum absolute atomic E-state index is 0.0565. The molecule has 0 fully saturated rings. The highest BCUT2D eigenvalue weighted by Crippen LogP contribution is 2.44. The van der Waals surface area contributed by atoms with Crippen molar-refractivity contribution in [3.63, 3.8) is 0 Å². The van der Waals surface area contributed by atoms with E-state index in [9.17, 15) is 22.8 Å². The number of benzene rings is 2. The maximum Gasteiger partial charge on any atom is 0.407 e. The second kappa shape index (κ2) is 8.44. The molecule has 3 rings (SSSR count). The van der Waals surface area contributed by atoms with Crippen LogP contribution in [0.2, 0.25) is 0 Å². The fourth-order valence-corrected chi connectivity index (χ4v) is 3.87. The molecule has 2 amide bonds. The summed E-state index contributed by atoms with van der Waals surface area (Å²) in [6, 6.07) is 14.5. The Bertz CT molecular complexity index is 1000. The summed E-state index contributed by atoms with van der Waals surface area (Å²) in [6.45, 7) is 0.0565. The van der Waals surface area contributed by atoms with Crippen molar-refractivity contribution < 1.29 is 27.5 Å². The van der Waals surface area contributed by atoms with Crippen LogP contribution in [0, 0.1) is 0 Å². The Morgan fingerprint density at radius 2 is 1.62 bits per heavy atom. The first-order chi connectivity index (χ1) is 13.8. The van der Waals surface area contributed by atoms with Gasteiger partial charge in [0.2, 0.25) is 15.9 Å². The van der Waals surface area contributed by atoms with Gasteiger partial charge in [-0.15, -0.1) is 0 Å². The van der Waals surface area contributed by atoms with Crippen molar-refractivity contribution in [1.29, 1.82) is 0 Å². The van der Waals surface area contributed by atoms with Crippen molar-refractivity contribution >= 4 is 28.3 Å². The van der Waals surface area contributed by atoms with Gasteiger partial charge in [-0.25, -0.2) is 13.2 Å². The Balaban J connectivity index is 1.62. The lowest BCUT2D eigenvalue weighted by Crippen LogP contribution is -2.41. The zero-order chi connectivity index (χ0) is 21.0. The van der Waals surface area contributed by atoms with Crippen molar-refractivity contribution in [3.8, 4) is 11.1 Å². The molecule has 2 N–H and O–H groups in total. The number of nitrogens with one attached hydrogen (secondary N) is 2. The Labute approximate surface area is 168 Å². The van der Waals surface area contributed by atoms with E-state index in [4.69, 9.17) is 4.74 Å². The van der Waals surface area contributed by atoms with E-state index in [0.29, 0.717) is 6.29 Å². The summed E-state index contributed by atoms with van der Waals surface area (Å²) in [6.07, 6.45) is -0.208. The van der Waals surface area contributed by atoms with Crippen LogP contribution in [0.4, 0.5) is 4.79 Å². The molecule has 0 bridgehead atoms. The first-order valence-corrected chi connectivity index (χ1v) is 10.7. The Morgan fingerprint density at radius 3 is 2.14 bits per heavy atom. The summed E-state index contributed by atoms with van der Waals surface area (Å²) < 4.78 is 29.1. The quantitative estimate of drug-likeness (QED) is 0.661. The van der Waals surface area contributed by atoms with Gasteiger partial charge in [-0.05, 0) is 22.3 Å². The van der Waals surface area contributed by atoms with Gasteiger partial charge in [0.25, 0.3) is 0 Å². The maximum absolute atomic E-state index is 12.1. The number of ether oxygens (including phenoxy) is 1. The SMILES string of the molecule is CS(=O)(=O)NC(=O)C[C@H](C=O)NC(=O)OCC1c2ccccc2-c2ccccc21. The van der Waals surface area contributed by atoms with Crippen LogP contribution in [-0.2, 0) is 24.3 Å². The molecule has 1 aliphatic rings. The molecular weight excluding hydrogens is 396 g/mol. The number of sulfonamides is 1. The van der Waals surface area contributed by atoms with Crippen molar-refractivity contribution in [2.45, 2.75) is 18.4 Å². The van der Waals surface area contributed by atoms with Crippen molar-refractivity contribution in [2.24, 2.45) is 0 Å². The lowest BCUT2D eigenvalue weighted by molar-refractivity contribution is -0.121. The average molecular weight is 416 g/mol. The maximum atomic E-state index is 12.1. The van der Waals surface area contributed by atoms with Gasteiger partial charge in [0, 0.05) is 5.92 Å². The van der Waals surface area contributed by atoms with Crippen LogP contribution in [-0.4, -0.2) is 45.6 Å². The number of hydrogen-bond donors (Lipinski definition) is 2. The number of amides is 2. The van der Waals surface area contributed by atoms with E-state index in [1.165, 1.54) is 0 Å². The highest BCUT2D eigenvalue weighted by molar-refractivity contribution is 7.89. The summed E-state index contributed by atoms with van der Waals surface area (Å²) >= 11 is 0. The molecule has 0 saturated heterocycles. The second-order valence-corrected chi connectivity index (χ2v) is 8.46. The molecular formula is C20H20N2O6S. The van der Waals surface area contributed by atoms with E-state index < -0.39 is 34.5 Å². The van der Waals surface area contributed by atoms with Gasteiger partial charge in [0.05, 0.1) is 18.7 Å². The monoisotopic (exact) mass is 416 g/mol. The van der Waals surface area contributed by atoms with Crippen LogP contribution in [0.1, 0.15) is 23.5 Å². The Morgan fingerprint density at radius 1 is 1.07 bits per heavy atom. The molecule has 0 saturated carbocycles. The molecule has 29 heavy (non-hydrogen) atoms. The molecule has 1 aliphatic carbocycles. The fourth-order valence-electron chi connectivity index (χ4n) is 3.37. The van der Waals surface area contributed by atoms with E-state index >= 15 is 0 Å². The minimum Gasteiger partial charge on any atom is -0.449 e. The molecule has 0 heterocycles. The van der Waals surface area contributed by atoms with Crippen molar-refractivity contribution in [3.05, 3.63) is 59.7 Å². The number of alkyl carbamates (subject to hydrolysis) is 1. The minimum atomic E-state index is -3.74. The van der Waals surface area contributed by atoms with Crippen LogP contribution < -0.4 is 10.0 Å². The van der Waals surface area contributed by atoms with Crippen LogP contribution >= 0.6 is 0 Å². The molecule has 0 aliphatic heterocycles. The average Bonchev–Trinajstić information content (AvgIpc) is 2.98. The van der Waals surface area contributed by atoms with Gasteiger partial charge in [-0.2, -0.15) is 0 Å². The van der Waals surface area contributed by atoms with Gasteiger partial charge in [0.1, 0.15) is 12.9 Å². The highest BCUT2D eigenvalue weighted by Gasteiger charge is 2.29. The standard InChI is InChI=1S/C20H20N2O6S/c1-29(26,27)22-19(24)10-13(11-23)21-20(25)28-12-18-16-8-4-2-6-14(16)15-7-3-5-9-17(15)18/h2-9,11,13,18H,10,12H2,1H3,(H,21,25)(H,22,24)/t13-/m1/s1. The van der Waals surface area contributed by atoms with Gasteiger partial charge in [-0.1, -0.05) is 48.5 Å². The largest absolute Gasteiger partial charge is 0.449 e. The molecule has 0 radical (unpaired) electrons. The van der Waals surface area contributed by atoms with Gasteiger partial charge >= 0.3 is 6.09 Å². The Kier molecular flexibility index (Phi) is 5.97. The van der Waals surface area contributed by atoms with Crippen molar-refractivity contribution in [1.82, 2.24) is 10.0 Å². The highest BCUT2D eigenvalue weighted by atomic mass is 32.2. The number of rotatable bonds is 7. The molecule has 1 atom stereocenters. The van der Waals surface area contributed by atoms with Crippen LogP contribution in [0.25, 0.3) is 11.1 Å². The Hall–Kier alpha value is -3.20. The number of fused-ring (bicyclic) bond motifs is 3. The smallest absolute Gasteiger partial charge is 0.407 e. The van der Waals surface area contributed by atoms with Crippen LogP contribution in [0.15, 0.2) is 48.5 Å². The van der Waals surface area contributed by atoms with E-state index in [2.05, 4.69) is 5.32 Å². The summed E-state index contributed by atoms with van der Waals surface area (Å²) in [5.41, 5.74) is 4.25. The molecule has 152 valence electrons. The predicted octanol–water partition coefficient (Wildman–Crippen LogP) is 1.56. The lowest BCUT2D eigenvalue weighted by Gasteiger charge is -2.16. The van der Waals surface area contributed by atoms with E-state index in [-0.39, 0.29) is 12.5 Å². The number of carbonyl (C=O) groups is 3. The lowest BCUT2D eigenvalue weighted by atomic mass is 9.98. The van der Waals surface area contributed by atoms with E-state index in [1.54, 1.807) is 4.72 Å². The fraction of sp³-hybridized carbons (Fsp3) is 0.250. The molecule has 0 unspecified atom stereocenters. The number of aldehydes is 1. The number of hydrogen-bond acceptors (Lipinski definition) is 6. The zero-order valence-electron chi connectivity index (χ0n) is 15.6. The third-order valence-electron chi connectivity index (χ3n) is 4.52. The first-order valence-electron chi connectivity index (χ1n) is 8.86.